The molecule has 7 heteroatoms. The first-order valence-electron chi connectivity index (χ1n) is 15.3. The summed E-state index contributed by atoms with van der Waals surface area (Å²) >= 11 is 1.54. The molecular weight excluding hydrogens is 593 g/mol. The van der Waals surface area contributed by atoms with Crippen molar-refractivity contribution < 1.29 is 19.8 Å². The zero-order valence-corrected chi connectivity index (χ0v) is 26.8. The van der Waals surface area contributed by atoms with Crippen molar-refractivity contribution in [3.05, 3.63) is 161 Å². The number of aliphatic hydroxyl groups is 1. The number of rotatable bonds is 13. The van der Waals surface area contributed by atoms with Gasteiger partial charge in [-0.05, 0) is 94.8 Å². The molecule has 1 amide bonds. The number of carbonyl (C=O) groups is 2. The Morgan fingerprint density at radius 2 is 1.50 bits per heavy atom. The summed E-state index contributed by atoms with van der Waals surface area (Å²) in [5, 5.41) is 24.9. The van der Waals surface area contributed by atoms with E-state index < -0.39 is 23.5 Å². The largest absolute Gasteiger partial charge is 0.480 e. The van der Waals surface area contributed by atoms with Crippen LogP contribution in [-0.4, -0.2) is 45.1 Å². The number of amides is 1. The minimum atomic E-state index is -1.38. The molecule has 0 aliphatic heterocycles. The first-order valence-corrected chi connectivity index (χ1v) is 16.7. The van der Waals surface area contributed by atoms with Gasteiger partial charge in [0.15, 0.2) is 0 Å². The van der Waals surface area contributed by atoms with Crippen LogP contribution in [-0.2, 0) is 23.2 Å². The van der Waals surface area contributed by atoms with Crippen LogP contribution in [0, 0.1) is 6.92 Å². The summed E-state index contributed by atoms with van der Waals surface area (Å²) in [7, 11) is 0. The van der Waals surface area contributed by atoms with Gasteiger partial charge in [0.1, 0.15) is 11.6 Å². The molecular formula is C39H38N2O4S. The van der Waals surface area contributed by atoms with E-state index in [9.17, 15) is 19.8 Å². The summed E-state index contributed by atoms with van der Waals surface area (Å²) in [5.41, 5.74) is 5.93. The Balaban J connectivity index is 1.50. The van der Waals surface area contributed by atoms with Gasteiger partial charge in [0.25, 0.3) is 5.91 Å². The van der Waals surface area contributed by atoms with Gasteiger partial charge in [-0.15, -0.1) is 0 Å². The number of hydrogen-bond donors (Lipinski definition) is 3. The van der Waals surface area contributed by atoms with Crippen molar-refractivity contribution in [1.29, 1.82) is 0 Å². The lowest BCUT2D eigenvalue weighted by Crippen LogP contribution is -2.41. The molecule has 1 atom stereocenters. The van der Waals surface area contributed by atoms with Gasteiger partial charge in [0.05, 0.1) is 0 Å². The predicted molar refractivity (Wildman–Crippen MR) is 185 cm³/mol. The van der Waals surface area contributed by atoms with E-state index in [0.29, 0.717) is 30.6 Å². The lowest BCUT2D eigenvalue weighted by Gasteiger charge is -2.32. The molecule has 4 aromatic carbocycles. The quantitative estimate of drug-likeness (QED) is 0.129. The third-order valence-electron chi connectivity index (χ3n) is 8.34. The Bertz CT molecular complexity index is 1750. The van der Waals surface area contributed by atoms with Crippen molar-refractivity contribution >= 4 is 23.6 Å². The number of nitrogens with zero attached hydrogens (tertiary/aromatic N) is 1. The van der Waals surface area contributed by atoms with Crippen molar-refractivity contribution in [2.75, 3.05) is 12.0 Å². The molecule has 0 radical (unpaired) electrons. The van der Waals surface area contributed by atoms with E-state index in [1.165, 1.54) is 0 Å². The average molecular weight is 631 g/mol. The van der Waals surface area contributed by atoms with Crippen LogP contribution in [0.5, 0.6) is 0 Å². The second-order valence-corrected chi connectivity index (χ2v) is 12.3. The third-order valence-corrected chi connectivity index (χ3v) is 8.98. The summed E-state index contributed by atoms with van der Waals surface area (Å²) in [6, 6.07) is 33.8. The monoisotopic (exact) mass is 630 g/mol. The van der Waals surface area contributed by atoms with E-state index in [1.54, 1.807) is 24.0 Å². The lowest BCUT2D eigenvalue weighted by molar-refractivity contribution is -0.139. The molecule has 1 heterocycles. The van der Waals surface area contributed by atoms with Crippen LogP contribution in [0.4, 0.5) is 0 Å². The maximum absolute atomic E-state index is 13.5. The Hall–Kier alpha value is -4.72. The summed E-state index contributed by atoms with van der Waals surface area (Å²) in [6.07, 6.45) is 7.00. The first-order chi connectivity index (χ1) is 22.3. The number of aliphatic carboxylic acids is 1. The van der Waals surface area contributed by atoms with Crippen molar-refractivity contribution in [2.45, 2.75) is 37.8 Å². The van der Waals surface area contributed by atoms with E-state index >= 15 is 0 Å². The Morgan fingerprint density at radius 3 is 2.13 bits per heavy atom. The normalized spacial score (nSPS) is 12.0. The van der Waals surface area contributed by atoms with Crippen LogP contribution in [0.1, 0.15) is 50.2 Å². The highest BCUT2D eigenvalue weighted by Gasteiger charge is 2.35. The van der Waals surface area contributed by atoms with Gasteiger partial charge in [-0.2, -0.15) is 11.8 Å². The van der Waals surface area contributed by atoms with Crippen LogP contribution in [0.25, 0.3) is 11.1 Å². The molecule has 0 fully saturated rings. The van der Waals surface area contributed by atoms with E-state index in [2.05, 4.69) is 10.3 Å². The molecule has 0 bridgehead atoms. The predicted octanol–water partition coefficient (Wildman–Crippen LogP) is 7.06. The van der Waals surface area contributed by atoms with E-state index in [4.69, 9.17) is 0 Å². The van der Waals surface area contributed by atoms with Gasteiger partial charge in [-0.25, -0.2) is 4.79 Å². The number of aromatic nitrogens is 1. The van der Waals surface area contributed by atoms with Gasteiger partial charge in [0, 0.05) is 18.0 Å². The summed E-state index contributed by atoms with van der Waals surface area (Å²) in [4.78, 5) is 29.8. The Kier molecular flexibility index (Phi) is 10.7. The molecule has 234 valence electrons. The average Bonchev–Trinajstić information content (AvgIpc) is 3.09. The van der Waals surface area contributed by atoms with Gasteiger partial charge in [0.2, 0.25) is 0 Å². The molecule has 0 aliphatic carbocycles. The van der Waals surface area contributed by atoms with Crippen molar-refractivity contribution in [3.8, 4) is 11.1 Å². The Labute approximate surface area is 274 Å². The number of pyridine rings is 1. The standard InChI is InChI=1S/C39H38N2O4S/c1-27-11-9-10-16-32(27)34-25-28(18-20-33(34)37(42)41-36(38(43)44)22-24-46-2)17-19-29-26-40-23-21-35(29)39(45,30-12-5-3-6-13-30)31-14-7-4-8-15-31/h3-16,18,20-21,23,25-26,36,45H,17,19,22,24H2,1-2H3,(H,41,42)(H,43,44)/t36-/m0/s1. The molecule has 3 N–H and O–H groups in total. The van der Waals surface area contributed by atoms with Crippen LogP contribution < -0.4 is 5.32 Å². The molecule has 1 aromatic heterocycles. The molecule has 5 aromatic rings. The number of nitrogens with one attached hydrogen (secondary N) is 1. The highest BCUT2D eigenvalue weighted by Crippen LogP contribution is 2.38. The van der Waals surface area contributed by atoms with Crippen molar-refractivity contribution in [3.63, 3.8) is 0 Å². The number of hydrogen-bond acceptors (Lipinski definition) is 5. The van der Waals surface area contributed by atoms with E-state index in [-0.39, 0.29) is 0 Å². The summed E-state index contributed by atoms with van der Waals surface area (Å²) < 4.78 is 0. The van der Waals surface area contributed by atoms with Gasteiger partial charge >= 0.3 is 5.97 Å². The van der Waals surface area contributed by atoms with Gasteiger partial charge < -0.3 is 15.5 Å². The molecule has 0 spiro atoms. The number of carboxylic acids is 1. The van der Waals surface area contributed by atoms with Crippen LogP contribution in [0.15, 0.2) is 122 Å². The number of carboxylic acid groups (broad SMARTS) is 1. The summed E-state index contributed by atoms with van der Waals surface area (Å²) in [6.45, 7) is 2.00. The number of aryl methyl sites for hydroxylation is 3. The van der Waals surface area contributed by atoms with Crippen molar-refractivity contribution in [2.24, 2.45) is 0 Å². The fraction of sp³-hybridized carbons (Fsp3) is 0.205. The maximum atomic E-state index is 13.5. The lowest BCUT2D eigenvalue weighted by atomic mass is 9.78. The highest BCUT2D eigenvalue weighted by atomic mass is 32.2. The minimum absolute atomic E-state index is 0.339. The maximum Gasteiger partial charge on any atom is 0.326 e. The Morgan fingerprint density at radius 1 is 0.848 bits per heavy atom. The molecule has 0 saturated carbocycles. The highest BCUT2D eigenvalue weighted by molar-refractivity contribution is 7.98. The minimum Gasteiger partial charge on any atom is -0.480 e. The second kappa shape index (κ2) is 15.0. The SMILES string of the molecule is CSCC[C@H](NC(=O)c1ccc(CCc2cnccc2C(O)(c2ccccc2)c2ccccc2)cc1-c1ccccc1C)C(=O)O. The van der Waals surface area contributed by atoms with Gasteiger partial charge in [-0.3, -0.25) is 9.78 Å². The molecule has 5 rings (SSSR count). The zero-order chi connectivity index (χ0) is 32.5. The van der Waals surface area contributed by atoms with Gasteiger partial charge in [-0.1, -0.05) is 97.1 Å². The molecule has 46 heavy (non-hydrogen) atoms. The fourth-order valence-electron chi connectivity index (χ4n) is 5.87. The van der Waals surface area contributed by atoms with Crippen molar-refractivity contribution in [1.82, 2.24) is 10.3 Å². The first kappa shape index (κ1) is 32.7. The molecule has 0 aliphatic rings. The second-order valence-electron chi connectivity index (χ2n) is 11.3. The third kappa shape index (κ3) is 7.22. The summed E-state index contributed by atoms with van der Waals surface area (Å²) in [5.74, 6) is -0.834. The van der Waals surface area contributed by atoms with Crippen LogP contribution in [0.2, 0.25) is 0 Å². The fourth-order valence-corrected chi connectivity index (χ4v) is 6.34. The molecule has 6 nitrogen and oxygen atoms in total. The number of thioether (sulfide) groups is 1. The smallest absolute Gasteiger partial charge is 0.326 e. The topological polar surface area (TPSA) is 99.5 Å². The number of carbonyl (C=O) groups excluding carboxylic acids is 1. The van der Waals surface area contributed by atoms with E-state index in [1.807, 2.05) is 123 Å². The van der Waals surface area contributed by atoms with Crippen LogP contribution >= 0.6 is 11.8 Å². The molecule has 0 unspecified atom stereocenters. The number of benzene rings is 4. The van der Waals surface area contributed by atoms with Crippen LogP contribution in [0.3, 0.4) is 0 Å². The zero-order valence-electron chi connectivity index (χ0n) is 26.0. The molecule has 0 saturated heterocycles. The van der Waals surface area contributed by atoms with E-state index in [0.717, 1.165) is 44.5 Å².